The molecule has 0 aromatic carbocycles. The largest absolute Gasteiger partial charge is 0.390 e. The molecule has 33 heavy (non-hydrogen) atoms. The quantitative estimate of drug-likeness (QED) is 0.471. The number of nitrogens with zero attached hydrogens (tertiary/aromatic N) is 4. The van der Waals surface area contributed by atoms with Crippen LogP contribution in [-0.4, -0.2) is 66.8 Å². The summed E-state index contributed by atoms with van der Waals surface area (Å²) >= 11 is 0. The van der Waals surface area contributed by atoms with Gasteiger partial charge < -0.3 is 30.6 Å². The number of amides is 1. The highest BCUT2D eigenvalue weighted by atomic mass is 16.5. The second-order valence-corrected chi connectivity index (χ2v) is 10.5. The Bertz CT molecular complexity index is 1230. The van der Waals surface area contributed by atoms with Gasteiger partial charge in [-0.3, -0.25) is 4.79 Å². The number of carbonyl (C=O) groups excluding carboxylic acids is 1. The Balaban J connectivity index is 1.24. The normalized spacial score (nSPS) is 33.0. The Hall–Kier alpha value is -2.98. The summed E-state index contributed by atoms with van der Waals surface area (Å²) in [5.74, 6) is 1.54. The zero-order chi connectivity index (χ0) is 22.3. The number of aromatic nitrogens is 4. The molecule has 10 heteroatoms. The van der Waals surface area contributed by atoms with Gasteiger partial charge in [-0.05, 0) is 55.9 Å². The van der Waals surface area contributed by atoms with E-state index in [1.165, 1.54) is 0 Å². The van der Waals surface area contributed by atoms with Crippen LogP contribution in [0.4, 0.5) is 5.69 Å². The number of pyridine rings is 1. The SMILES string of the molecule is NC1CN(C(=O)c2noc(-c3cnc4[nH]ccc4c3NC3C4CC5CC3CC(O)(C5)C4)n2)C1. The number of anilines is 1. The van der Waals surface area contributed by atoms with Crippen LogP contribution in [0.2, 0.25) is 0 Å². The summed E-state index contributed by atoms with van der Waals surface area (Å²) < 4.78 is 5.54. The number of aromatic amines is 1. The summed E-state index contributed by atoms with van der Waals surface area (Å²) in [6.45, 7) is 1.01. The van der Waals surface area contributed by atoms with Gasteiger partial charge in [-0.1, -0.05) is 5.16 Å². The zero-order valence-corrected chi connectivity index (χ0v) is 18.2. The van der Waals surface area contributed by atoms with E-state index in [0.717, 1.165) is 48.8 Å². The van der Waals surface area contributed by atoms with Crippen LogP contribution in [0.3, 0.4) is 0 Å². The van der Waals surface area contributed by atoms with Crippen molar-refractivity contribution in [1.82, 2.24) is 25.0 Å². The first kappa shape index (κ1) is 19.5. The monoisotopic (exact) mass is 449 g/mol. The van der Waals surface area contributed by atoms with Crippen LogP contribution in [0.15, 0.2) is 23.0 Å². The fourth-order valence-corrected chi connectivity index (χ4v) is 6.95. The number of aliphatic hydroxyl groups is 1. The molecule has 172 valence electrons. The molecule has 5 fully saturated rings. The first-order valence-corrected chi connectivity index (χ1v) is 11.8. The summed E-state index contributed by atoms with van der Waals surface area (Å²) in [5.41, 5.74) is 7.65. The predicted octanol–water partition coefficient (Wildman–Crippen LogP) is 1.75. The summed E-state index contributed by atoms with van der Waals surface area (Å²) in [6, 6.07) is 2.27. The molecule has 1 aliphatic heterocycles. The second kappa shape index (κ2) is 6.77. The highest BCUT2D eigenvalue weighted by molar-refractivity contribution is 5.97. The highest BCUT2D eigenvalue weighted by Crippen LogP contribution is 2.56. The van der Waals surface area contributed by atoms with Gasteiger partial charge in [0.1, 0.15) is 5.65 Å². The molecule has 3 aromatic rings. The number of rotatable bonds is 4. The van der Waals surface area contributed by atoms with E-state index in [1.54, 1.807) is 11.1 Å². The Morgan fingerprint density at radius 1 is 1.27 bits per heavy atom. The van der Waals surface area contributed by atoms with Crippen LogP contribution in [-0.2, 0) is 0 Å². The van der Waals surface area contributed by atoms with E-state index in [1.807, 2.05) is 12.3 Å². The molecule has 2 unspecified atom stereocenters. The van der Waals surface area contributed by atoms with Gasteiger partial charge in [0.15, 0.2) is 0 Å². The molecule has 5 N–H and O–H groups in total. The molecule has 4 aliphatic carbocycles. The lowest BCUT2D eigenvalue weighted by Crippen LogP contribution is -2.59. The molecule has 2 atom stereocenters. The van der Waals surface area contributed by atoms with Gasteiger partial charge in [0, 0.05) is 43.0 Å². The van der Waals surface area contributed by atoms with Crippen LogP contribution < -0.4 is 11.1 Å². The van der Waals surface area contributed by atoms with Crippen molar-refractivity contribution in [3.05, 3.63) is 24.3 Å². The van der Waals surface area contributed by atoms with Crippen LogP contribution in [0.1, 0.15) is 42.7 Å². The minimum Gasteiger partial charge on any atom is -0.390 e. The maximum atomic E-state index is 12.6. The fourth-order valence-electron chi connectivity index (χ4n) is 6.95. The average molecular weight is 450 g/mol. The van der Waals surface area contributed by atoms with E-state index >= 15 is 0 Å². The van der Waals surface area contributed by atoms with Gasteiger partial charge >= 0.3 is 0 Å². The van der Waals surface area contributed by atoms with Crippen molar-refractivity contribution >= 4 is 22.6 Å². The molecule has 0 spiro atoms. The first-order valence-electron chi connectivity index (χ1n) is 11.8. The summed E-state index contributed by atoms with van der Waals surface area (Å²) in [4.78, 5) is 26.3. The number of nitrogens with one attached hydrogen (secondary N) is 2. The number of nitrogens with two attached hydrogens (primary N) is 1. The summed E-state index contributed by atoms with van der Waals surface area (Å²) in [5, 5.41) is 19.7. The van der Waals surface area contributed by atoms with E-state index < -0.39 is 5.60 Å². The minimum absolute atomic E-state index is 0.00960. The molecule has 0 radical (unpaired) electrons. The van der Waals surface area contributed by atoms with Crippen molar-refractivity contribution in [3.8, 4) is 11.5 Å². The van der Waals surface area contributed by atoms with E-state index in [9.17, 15) is 9.90 Å². The van der Waals surface area contributed by atoms with Crippen LogP contribution in [0, 0.1) is 17.8 Å². The average Bonchev–Trinajstić information content (AvgIpc) is 3.42. The maximum absolute atomic E-state index is 12.6. The molecule has 3 aromatic heterocycles. The van der Waals surface area contributed by atoms with Crippen LogP contribution in [0.25, 0.3) is 22.5 Å². The molecule has 5 aliphatic rings. The third kappa shape index (κ3) is 3.00. The van der Waals surface area contributed by atoms with Gasteiger partial charge in [-0.25, -0.2) is 4.98 Å². The van der Waals surface area contributed by atoms with Crippen molar-refractivity contribution in [1.29, 1.82) is 0 Å². The van der Waals surface area contributed by atoms with E-state index in [2.05, 4.69) is 25.4 Å². The predicted molar refractivity (Wildman–Crippen MR) is 119 cm³/mol. The van der Waals surface area contributed by atoms with Crippen molar-refractivity contribution < 1.29 is 14.4 Å². The molecular weight excluding hydrogens is 422 g/mol. The van der Waals surface area contributed by atoms with Gasteiger partial charge in [0.25, 0.3) is 17.6 Å². The number of carbonyl (C=O) groups is 1. The Kier molecular flexibility index (Phi) is 4.00. The lowest BCUT2D eigenvalue weighted by molar-refractivity contribution is -0.129. The summed E-state index contributed by atoms with van der Waals surface area (Å²) in [7, 11) is 0. The molecule has 4 bridgehead atoms. The molecule has 4 heterocycles. The van der Waals surface area contributed by atoms with Crippen LogP contribution >= 0.6 is 0 Å². The van der Waals surface area contributed by atoms with Crippen molar-refractivity contribution in [2.24, 2.45) is 23.5 Å². The highest BCUT2D eigenvalue weighted by Gasteiger charge is 2.54. The third-order valence-electron chi connectivity index (χ3n) is 8.18. The number of likely N-dealkylation sites (tertiary alicyclic amines) is 1. The molecule has 8 rings (SSSR count). The van der Waals surface area contributed by atoms with Gasteiger partial charge in [0.2, 0.25) is 0 Å². The Labute approximate surface area is 189 Å². The molecule has 10 nitrogen and oxygen atoms in total. The number of hydrogen-bond donors (Lipinski definition) is 4. The maximum Gasteiger partial charge on any atom is 0.295 e. The van der Waals surface area contributed by atoms with Gasteiger partial charge in [0.05, 0.1) is 16.9 Å². The van der Waals surface area contributed by atoms with E-state index in [4.69, 9.17) is 10.3 Å². The topological polar surface area (TPSA) is 146 Å². The van der Waals surface area contributed by atoms with Crippen molar-refractivity contribution in [2.45, 2.75) is 49.8 Å². The third-order valence-corrected chi connectivity index (χ3v) is 8.18. The van der Waals surface area contributed by atoms with Gasteiger partial charge in [-0.15, -0.1) is 0 Å². The van der Waals surface area contributed by atoms with E-state index in [-0.39, 0.29) is 29.7 Å². The summed E-state index contributed by atoms with van der Waals surface area (Å²) in [6.07, 6.45) is 8.55. The Morgan fingerprint density at radius 2 is 2.06 bits per heavy atom. The molecule has 4 saturated carbocycles. The number of hydrogen-bond acceptors (Lipinski definition) is 8. The zero-order valence-electron chi connectivity index (χ0n) is 18.2. The standard InChI is InChI=1S/C23H27N7O3/c24-14-9-30(10-14)22(31)20-28-21(33-29-20)16-8-26-19-15(1-2-25-19)18(16)27-17-12-3-11-4-13(17)7-23(32,5-11)6-12/h1-2,8,11-14,17,32H,3-7,9-10,24H2,(H2,25,26,27). The molecule has 1 saturated heterocycles. The first-order chi connectivity index (χ1) is 16.0. The van der Waals surface area contributed by atoms with Crippen molar-refractivity contribution in [3.63, 3.8) is 0 Å². The molecular formula is C23H27N7O3. The smallest absolute Gasteiger partial charge is 0.295 e. The lowest BCUT2D eigenvalue weighted by atomic mass is 9.52. The minimum atomic E-state index is -0.486. The van der Waals surface area contributed by atoms with Crippen molar-refractivity contribution in [2.75, 3.05) is 18.4 Å². The number of H-pyrrole nitrogens is 1. The molecule has 1 amide bonds. The lowest BCUT2D eigenvalue weighted by Gasteiger charge is -2.58. The van der Waals surface area contributed by atoms with Gasteiger partial charge in [-0.2, -0.15) is 4.98 Å². The number of fused-ring (bicyclic) bond motifs is 1. The Morgan fingerprint density at radius 3 is 2.79 bits per heavy atom. The van der Waals surface area contributed by atoms with E-state index in [0.29, 0.717) is 36.4 Å². The second-order valence-electron chi connectivity index (χ2n) is 10.5. The van der Waals surface area contributed by atoms with Crippen LogP contribution in [0.5, 0.6) is 0 Å². The fraction of sp³-hybridized carbons (Fsp3) is 0.565.